The number of aryl methyl sites for hydroxylation is 1. The van der Waals surface area contributed by atoms with Gasteiger partial charge in [-0.15, -0.1) is 12.6 Å². The average molecular weight is 164 g/mol. The van der Waals surface area contributed by atoms with E-state index in [2.05, 4.69) is 17.7 Å². The molecule has 0 aliphatic carbocycles. The zero-order valence-corrected chi connectivity index (χ0v) is 7.05. The molecule has 0 saturated heterocycles. The fourth-order valence-corrected chi connectivity index (χ4v) is 1.36. The van der Waals surface area contributed by atoms with Crippen molar-refractivity contribution in [2.24, 2.45) is 7.05 Å². The van der Waals surface area contributed by atoms with Crippen molar-refractivity contribution >= 4 is 23.5 Å². The summed E-state index contributed by atoms with van der Waals surface area (Å²) in [4.78, 5) is 0.977. The van der Waals surface area contributed by atoms with E-state index >= 15 is 0 Å². The summed E-state index contributed by atoms with van der Waals surface area (Å²) in [5, 5.41) is 5.26. The van der Waals surface area contributed by atoms with E-state index in [1.165, 1.54) is 0 Å². The van der Waals surface area contributed by atoms with Crippen LogP contribution in [-0.2, 0) is 7.05 Å². The lowest BCUT2D eigenvalue weighted by Gasteiger charge is -1.93. The van der Waals surface area contributed by atoms with Gasteiger partial charge in [0, 0.05) is 17.3 Å². The molecule has 2 rings (SSSR count). The standard InChI is InChI=1S/C8H8N2S/c1-10-8-3-2-7(11)4-6(8)5-9-10/h2-5,11H,1H3. The number of hydrogen-bond acceptors (Lipinski definition) is 2. The summed E-state index contributed by atoms with van der Waals surface area (Å²) in [6.07, 6.45) is 1.84. The average Bonchev–Trinajstić information content (AvgIpc) is 2.32. The third-order valence-electron chi connectivity index (χ3n) is 1.73. The molecule has 0 spiro atoms. The Hall–Kier alpha value is -0.960. The van der Waals surface area contributed by atoms with Crippen LogP contribution in [0.1, 0.15) is 0 Å². The van der Waals surface area contributed by atoms with Crippen molar-refractivity contribution < 1.29 is 0 Å². The minimum absolute atomic E-state index is 0.977. The molecule has 3 heteroatoms. The van der Waals surface area contributed by atoms with Crippen molar-refractivity contribution in [3.63, 3.8) is 0 Å². The van der Waals surface area contributed by atoms with Gasteiger partial charge in [-0.2, -0.15) is 5.10 Å². The van der Waals surface area contributed by atoms with Gasteiger partial charge in [0.2, 0.25) is 0 Å². The highest BCUT2D eigenvalue weighted by atomic mass is 32.1. The van der Waals surface area contributed by atoms with E-state index in [1.54, 1.807) is 0 Å². The molecule has 0 fully saturated rings. The molecule has 2 nitrogen and oxygen atoms in total. The highest BCUT2D eigenvalue weighted by Crippen LogP contribution is 2.16. The fraction of sp³-hybridized carbons (Fsp3) is 0.125. The van der Waals surface area contributed by atoms with Gasteiger partial charge in [-0.3, -0.25) is 4.68 Å². The van der Waals surface area contributed by atoms with Gasteiger partial charge in [0.25, 0.3) is 0 Å². The number of rotatable bonds is 0. The van der Waals surface area contributed by atoms with Crippen LogP contribution >= 0.6 is 12.6 Å². The Morgan fingerprint density at radius 3 is 3.09 bits per heavy atom. The van der Waals surface area contributed by atoms with Crippen molar-refractivity contribution in [3.05, 3.63) is 24.4 Å². The summed E-state index contributed by atoms with van der Waals surface area (Å²) in [5.41, 5.74) is 1.14. The zero-order chi connectivity index (χ0) is 7.84. The van der Waals surface area contributed by atoms with Gasteiger partial charge in [0.1, 0.15) is 0 Å². The van der Waals surface area contributed by atoms with Crippen LogP contribution in [0.3, 0.4) is 0 Å². The second-order valence-corrected chi connectivity index (χ2v) is 3.03. The predicted molar refractivity (Wildman–Crippen MR) is 48.0 cm³/mol. The van der Waals surface area contributed by atoms with Gasteiger partial charge in [-0.25, -0.2) is 0 Å². The molecule has 2 aromatic rings. The molecule has 0 aliphatic heterocycles. The number of aromatic nitrogens is 2. The third-order valence-corrected chi connectivity index (χ3v) is 2.01. The third kappa shape index (κ3) is 1.01. The molecule has 1 aromatic carbocycles. The Labute approximate surface area is 70.2 Å². The van der Waals surface area contributed by atoms with Crippen molar-refractivity contribution in [2.45, 2.75) is 4.90 Å². The lowest BCUT2D eigenvalue weighted by atomic mass is 10.3. The summed E-state index contributed by atoms with van der Waals surface area (Å²) in [5.74, 6) is 0. The summed E-state index contributed by atoms with van der Waals surface area (Å²) < 4.78 is 1.85. The van der Waals surface area contributed by atoms with E-state index in [4.69, 9.17) is 0 Å². The Bertz CT molecular complexity index is 392. The van der Waals surface area contributed by atoms with Crippen molar-refractivity contribution in [3.8, 4) is 0 Å². The second-order valence-electron chi connectivity index (χ2n) is 2.51. The number of nitrogens with zero attached hydrogens (tertiary/aromatic N) is 2. The molecule has 0 saturated carbocycles. The van der Waals surface area contributed by atoms with Crippen LogP contribution in [0.15, 0.2) is 29.3 Å². The number of hydrogen-bond donors (Lipinski definition) is 1. The van der Waals surface area contributed by atoms with E-state index in [1.807, 2.05) is 36.1 Å². The maximum absolute atomic E-state index is 4.23. The minimum atomic E-state index is 0.977. The Kier molecular flexibility index (Phi) is 1.39. The first-order valence-electron chi connectivity index (χ1n) is 3.38. The molecular weight excluding hydrogens is 156 g/mol. The fourth-order valence-electron chi connectivity index (χ4n) is 1.15. The summed E-state index contributed by atoms with van der Waals surface area (Å²) in [6.45, 7) is 0. The van der Waals surface area contributed by atoms with Crippen LogP contribution in [0.4, 0.5) is 0 Å². The summed E-state index contributed by atoms with van der Waals surface area (Å²) in [7, 11) is 1.93. The number of benzene rings is 1. The number of fused-ring (bicyclic) bond motifs is 1. The summed E-state index contributed by atoms with van der Waals surface area (Å²) in [6, 6.07) is 5.99. The maximum atomic E-state index is 4.23. The van der Waals surface area contributed by atoms with Gasteiger partial charge >= 0.3 is 0 Å². The van der Waals surface area contributed by atoms with Gasteiger partial charge in [0.05, 0.1) is 11.7 Å². The largest absolute Gasteiger partial charge is 0.268 e. The van der Waals surface area contributed by atoms with Crippen LogP contribution in [0.25, 0.3) is 10.9 Å². The van der Waals surface area contributed by atoms with E-state index in [9.17, 15) is 0 Å². The molecule has 56 valence electrons. The van der Waals surface area contributed by atoms with E-state index in [0.29, 0.717) is 0 Å². The predicted octanol–water partition coefficient (Wildman–Crippen LogP) is 1.86. The first-order valence-corrected chi connectivity index (χ1v) is 3.83. The molecule has 11 heavy (non-hydrogen) atoms. The highest BCUT2D eigenvalue weighted by Gasteiger charge is 1.97. The monoisotopic (exact) mass is 164 g/mol. The molecule has 1 heterocycles. The highest BCUT2D eigenvalue weighted by molar-refractivity contribution is 7.80. The van der Waals surface area contributed by atoms with Gasteiger partial charge < -0.3 is 0 Å². The maximum Gasteiger partial charge on any atom is 0.0679 e. The first-order chi connectivity index (χ1) is 5.27. The Morgan fingerprint density at radius 2 is 2.27 bits per heavy atom. The second kappa shape index (κ2) is 2.27. The molecule has 0 amide bonds. The zero-order valence-electron chi connectivity index (χ0n) is 6.15. The first kappa shape index (κ1) is 6.73. The van der Waals surface area contributed by atoms with Crippen LogP contribution in [0.5, 0.6) is 0 Å². The van der Waals surface area contributed by atoms with Crippen LogP contribution in [-0.4, -0.2) is 9.78 Å². The SMILES string of the molecule is Cn1ncc2cc(S)ccc21. The summed E-state index contributed by atoms with van der Waals surface area (Å²) >= 11 is 4.23. The van der Waals surface area contributed by atoms with Crippen LogP contribution in [0.2, 0.25) is 0 Å². The molecule has 0 radical (unpaired) electrons. The van der Waals surface area contributed by atoms with Crippen molar-refractivity contribution in [2.75, 3.05) is 0 Å². The normalized spacial score (nSPS) is 10.7. The lowest BCUT2D eigenvalue weighted by molar-refractivity contribution is 0.797. The van der Waals surface area contributed by atoms with Gasteiger partial charge in [0.15, 0.2) is 0 Å². The lowest BCUT2D eigenvalue weighted by Crippen LogP contribution is -1.87. The molecule has 1 aromatic heterocycles. The van der Waals surface area contributed by atoms with E-state index < -0.39 is 0 Å². The molecule has 0 N–H and O–H groups in total. The van der Waals surface area contributed by atoms with Gasteiger partial charge in [-0.1, -0.05) is 0 Å². The van der Waals surface area contributed by atoms with Gasteiger partial charge in [-0.05, 0) is 18.2 Å². The van der Waals surface area contributed by atoms with Crippen LogP contribution < -0.4 is 0 Å². The van der Waals surface area contributed by atoms with Crippen LogP contribution in [0, 0.1) is 0 Å². The van der Waals surface area contributed by atoms with Crippen molar-refractivity contribution in [1.82, 2.24) is 9.78 Å². The topological polar surface area (TPSA) is 17.8 Å². The van der Waals surface area contributed by atoms with E-state index in [-0.39, 0.29) is 0 Å². The molecule has 0 unspecified atom stereocenters. The number of thiol groups is 1. The van der Waals surface area contributed by atoms with E-state index in [0.717, 1.165) is 15.8 Å². The minimum Gasteiger partial charge on any atom is -0.268 e. The molecule has 0 aliphatic rings. The molecular formula is C8H8N2S. The Morgan fingerprint density at radius 1 is 1.45 bits per heavy atom. The quantitative estimate of drug-likeness (QED) is 0.588. The Balaban J connectivity index is 2.86. The molecule has 0 bridgehead atoms. The molecule has 0 atom stereocenters. The van der Waals surface area contributed by atoms with Crippen molar-refractivity contribution in [1.29, 1.82) is 0 Å². The smallest absolute Gasteiger partial charge is 0.0679 e.